The Hall–Kier alpha value is -3.16. The lowest BCUT2D eigenvalue weighted by atomic mass is 9.76. The number of nitrogens with one attached hydrogen (secondary N) is 1. The molecule has 0 radical (unpaired) electrons. The summed E-state index contributed by atoms with van der Waals surface area (Å²) in [5, 5.41) is 8.49. The maximum absolute atomic E-state index is 12.4. The number of piperidine rings is 1. The molecule has 0 saturated carbocycles. The van der Waals surface area contributed by atoms with Gasteiger partial charge in [-0.2, -0.15) is 10.1 Å². The first-order valence-electron chi connectivity index (χ1n) is 11.3. The number of primary amides is 1. The third-order valence-electron chi connectivity index (χ3n) is 7.20. The van der Waals surface area contributed by atoms with E-state index in [2.05, 4.69) is 44.3 Å². The summed E-state index contributed by atoms with van der Waals surface area (Å²) in [6, 6.07) is 14.0. The maximum Gasteiger partial charge on any atom is 0.268 e. The van der Waals surface area contributed by atoms with E-state index >= 15 is 0 Å². The van der Waals surface area contributed by atoms with Gasteiger partial charge in [-0.3, -0.25) is 9.89 Å². The maximum atomic E-state index is 12.4. The highest BCUT2D eigenvalue weighted by Crippen LogP contribution is 2.45. The highest BCUT2D eigenvalue weighted by atomic mass is 35.5. The Balaban J connectivity index is 1.33. The van der Waals surface area contributed by atoms with Crippen LogP contribution in [0.25, 0.3) is 22.3 Å². The molecule has 2 aromatic heterocycles. The number of aromatic amines is 1. The van der Waals surface area contributed by atoms with Crippen LogP contribution in [0.2, 0.25) is 10.0 Å². The number of H-pyrrole nitrogens is 1. The number of aromatic nitrogens is 4. The fourth-order valence-corrected chi connectivity index (χ4v) is 5.82. The Labute approximate surface area is 206 Å². The molecule has 1 aliphatic heterocycles. The minimum Gasteiger partial charge on any atom is -0.364 e. The van der Waals surface area contributed by atoms with Gasteiger partial charge in [-0.15, -0.1) is 0 Å². The van der Waals surface area contributed by atoms with Gasteiger partial charge in [0, 0.05) is 18.7 Å². The van der Waals surface area contributed by atoms with E-state index in [1.807, 2.05) is 0 Å². The number of anilines is 1. The van der Waals surface area contributed by atoms with Crippen molar-refractivity contribution in [1.82, 2.24) is 20.2 Å². The molecule has 3 heterocycles. The quantitative estimate of drug-likeness (QED) is 0.427. The number of carbonyl (C=O) groups excluding carboxylic acids is 1. The molecule has 172 valence electrons. The minimum atomic E-state index is -0.644. The van der Waals surface area contributed by atoms with E-state index in [1.54, 1.807) is 18.2 Å². The van der Waals surface area contributed by atoms with E-state index in [0.717, 1.165) is 38.8 Å². The van der Waals surface area contributed by atoms with Crippen LogP contribution in [0, 0.1) is 5.41 Å². The first kappa shape index (κ1) is 21.4. The van der Waals surface area contributed by atoms with Gasteiger partial charge in [-0.1, -0.05) is 59.6 Å². The second-order valence-corrected chi connectivity index (χ2v) is 10.0. The van der Waals surface area contributed by atoms with E-state index in [9.17, 15) is 4.79 Å². The molecule has 1 aliphatic carbocycles. The highest BCUT2D eigenvalue weighted by molar-refractivity contribution is 6.43. The molecule has 1 saturated heterocycles. The van der Waals surface area contributed by atoms with Crippen LogP contribution in [0.4, 0.5) is 5.95 Å². The molecule has 34 heavy (non-hydrogen) atoms. The van der Waals surface area contributed by atoms with Gasteiger partial charge >= 0.3 is 0 Å². The first-order chi connectivity index (χ1) is 16.4. The number of halogens is 2. The topological polar surface area (TPSA) is 101 Å². The lowest BCUT2D eigenvalue weighted by molar-refractivity contribution is 0.0997. The summed E-state index contributed by atoms with van der Waals surface area (Å²) >= 11 is 12.6. The van der Waals surface area contributed by atoms with Gasteiger partial charge in [-0.05, 0) is 48.3 Å². The lowest BCUT2D eigenvalue weighted by Crippen LogP contribution is -2.41. The number of hydrogen-bond donors (Lipinski definition) is 2. The average Bonchev–Trinajstić information content (AvgIpc) is 3.41. The Kier molecular flexibility index (Phi) is 5.00. The van der Waals surface area contributed by atoms with Gasteiger partial charge in [0.2, 0.25) is 5.95 Å². The summed E-state index contributed by atoms with van der Waals surface area (Å²) in [4.78, 5) is 23.9. The Morgan fingerprint density at radius 3 is 2.38 bits per heavy atom. The van der Waals surface area contributed by atoms with Crippen molar-refractivity contribution in [2.75, 3.05) is 18.0 Å². The second-order valence-electron chi connectivity index (χ2n) is 9.24. The van der Waals surface area contributed by atoms with E-state index in [-0.39, 0.29) is 5.69 Å². The van der Waals surface area contributed by atoms with Gasteiger partial charge < -0.3 is 10.6 Å². The minimum absolute atomic E-state index is 0.119. The zero-order valence-corrected chi connectivity index (χ0v) is 19.8. The van der Waals surface area contributed by atoms with Gasteiger partial charge in [0.1, 0.15) is 11.4 Å². The van der Waals surface area contributed by atoms with E-state index in [0.29, 0.717) is 43.7 Å². The summed E-state index contributed by atoms with van der Waals surface area (Å²) in [6.07, 6.45) is 4.32. The summed E-state index contributed by atoms with van der Waals surface area (Å²) in [6.45, 7) is 1.64. The third kappa shape index (κ3) is 3.42. The molecule has 1 fully saturated rings. The van der Waals surface area contributed by atoms with E-state index in [1.165, 1.54) is 11.1 Å². The van der Waals surface area contributed by atoms with Crippen LogP contribution in [-0.4, -0.2) is 39.2 Å². The fraction of sp³-hybridized carbons (Fsp3) is 0.280. The number of nitrogens with zero attached hydrogens (tertiary/aromatic N) is 4. The van der Waals surface area contributed by atoms with Crippen molar-refractivity contribution in [3.63, 3.8) is 0 Å². The molecule has 1 amide bonds. The molecule has 7 nitrogen and oxygen atoms in total. The lowest BCUT2D eigenvalue weighted by Gasteiger charge is -2.39. The van der Waals surface area contributed by atoms with Crippen LogP contribution in [0.3, 0.4) is 0 Å². The predicted molar refractivity (Wildman–Crippen MR) is 133 cm³/mol. The average molecular weight is 493 g/mol. The zero-order chi connectivity index (χ0) is 23.4. The number of benzene rings is 2. The van der Waals surface area contributed by atoms with Crippen LogP contribution in [0.15, 0.2) is 42.5 Å². The molecule has 3 N–H and O–H groups in total. The number of rotatable bonds is 3. The molecule has 0 bridgehead atoms. The first-order valence-corrected chi connectivity index (χ1v) is 12.0. The van der Waals surface area contributed by atoms with Gasteiger partial charge in [-0.25, -0.2) is 4.98 Å². The normalized spacial score (nSPS) is 16.8. The molecule has 0 unspecified atom stereocenters. The number of amides is 1. The van der Waals surface area contributed by atoms with Crippen LogP contribution < -0.4 is 10.6 Å². The Bertz CT molecular complexity index is 1410. The van der Waals surface area contributed by atoms with E-state index in [4.69, 9.17) is 33.9 Å². The van der Waals surface area contributed by atoms with Crippen LogP contribution in [0.1, 0.15) is 34.5 Å². The van der Waals surface area contributed by atoms with Crippen LogP contribution >= 0.6 is 23.2 Å². The third-order valence-corrected chi connectivity index (χ3v) is 8.02. The molecule has 9 heteroatoms. The Morgan fingerprint density at radius 1 is 1.00 bits per heavy atom. The smallest absolute Gasteiger partial charge is 0.268 e. The molecule has 4 aromatic rings. The van der Waals surface area contributed by atoms with Crippen molar-refractivity contribution in [2.45, 2.75) is 25.7 Å². The standard InChI is InChI=1S/C25H22Cl2N6O/c26-17-7-3-6-16(19(17)27)20-18-21(22(28)34)29-24(30-23(18)32-31-20)33-10-8-25(9-11-33)12-14-4-1-2-5-15(14)13-25/h1-7H,8-13H2,(H2,28,34)(H,29,30,31,32). The monoisotopic (exact) mass is 492 g/mol. The summed E-state index contributed by atoms with van der Waals surface area (Å²) in [7, 11) is 0. The summed E-state index contributed by atoms with van der Waals surface area (Å²) in [5.41, 5.74) is 10.6. The summed E-state index contributed by atoms with van der Waals surface area (Å²) < 4.78 is 0. The van der Waals surface area contributed by atoms with Crippen LogP contribution in [0.5, 0.6) is 0 Å². The highest BCUT2D eigenvalue weighted by Gasteiger charge is 2.40. The van der Waals surface area contributed by atoms with Crippen molar-refractivity contribution < 1.29 is 4.79 Å². The van der Waals surface area contributed by atoms with Crippen molar-refractivity contribution in [3.05, 3.63) is 69.3 Å². The largest absolute Gasteiger partial charge is 0.364 e. The summed E-state index contributed by atoms with van der Waals surface area (Å²) in [5.74, 6) is -0.159. The number of fused-ring (bicyclic) bond motifs is 2. The molecule has 6 rings (SSSR count). The fourth-order valence-electron chi connectivity index (χ4n) is 5.43. The van der Waals surface area contributed by atoms with Crippen molar-refractivity contribution in [2.24, 2.45) is 11.1 Å². The SMILES string of the molecule is NC(=O)c1nc(N2CCC3(CC2)Cc2ccccc2C3)nc2[nH]nc(-c3cccc(Cl)c3Cl)c12. The van der Waals surface area contributed by atoms with Crippen molar-refractivity contribution >= 4 is 46.1 Å². The molecular weight excluding hydrogens is 471 g/mol. The molecule has 0 atom stereocenters. The zero-order valence-electron chi connectivity index (χ0n) is 18.3. The van der Waals surface area contributed by atoms with Crippen LogP contribution in [-0.2, 0) is 12.8 Å². The molecule has 1 spiro atoms. The van der Waals surface area contributed by atoms with Gasteiger partial charge in [0.15, 0.2) is 5.65 Å². The molecular formula is C25H22Cl2N6O. The molecule has 2 aromatic carbocycles. The van der Waals surface area contributed by atoms with E-state index < -0.39 is 5.91 Å². The van der Waals surface area contributed by atoms with Gasteiger partial charge in [0.05, 0.1) is 15.4 Å². The molecule has 2 aliphatic rings. The predicted octanol–water partition coefficient (Wildman–Crippen LogP) is 4.81. The van der Waals surface area contributed by atoms with Crippen molar-refractivity contribution in [3.8, 4) is 11.3 Å². The van der Waals surface area contributed by atoms with Gasteiger partial charge in [0.25, 0.3) is 5.91 Å². The Morgan fingerprint density at radius 2 is 1.71 bits per heavy atom. The second kappa shape index (κ2) is 7.96. The van der Waals surface area contributed by atoms with Crippen molar-refractivity contribution in [1.29, 1.82) is 0 Å². The number of nitrogens with two attached hydrogens (primary N) is 1. The number of carbonyl (C=O) groups is 1. The number of hydrogen-bond acceptors (Lipinski definition) is 5.